The SMILES string of the molecule is O=[N+]([O-])c1ccc(Oc2ccc(C(c3ccc(Oc4ccc([N+](=O)[O-])c(O)c4)cc3)(C(F)(F)F)C(F)(F)F)cc2)cc1O. The Bertz CT molecular complexity index is 1550. The molecule has 0 bridgehead atoms. The first-order valence-electron chi connectivity index (χ1n) is 11.7. The maximum absolute atomic E-state index is 14.5. The highest BCUT2D eigenvalue weighted by atomic mass is 19.4. The minimum atomic E-state index is -5.90. The van der Waals surface area contributed by atoms with Crippen molar-refractivity contribution < 1.29 is 55.9 Å². The van der Waals surface area contributed by atoms with E-state index in [0.717, 1.165) is 60.7 Å². The lowest BCUT2D eigenvalue weighted by Crippen LogP contribution is -2.54. The molecule has 2 N–H and O–H groups in total. The molecule has 4 aromatic carbocycles. The number of nitro groups is 2. The van der Waals surface area contributed by atoms with Crippen molar-refractivity contribution in [2.75, 3.05) is 0 Å². The lowest BCUT2D eigenvalue weighted by molar-refractivity contribution is -0.386. The first-order valence-corrected chi connectivity index (χ1v) is 11.7. The fraction of sp³-hybridized carbons (Fsp3) is 0.111. The van der Waals surface area contributed by atoms with Crippen molar-refractivity contribution in [1.82, 2.24) is 0 Å². The first-order chi connectivity index (χ1) is 20.0. The van der Waals surface area contributed by atoms with Crippen LogP contribution in [0, 0.1) is 20.2 Å². The highest BCUT2D eigenvalue weighted by molar-refractivity contribution is 5.53. The normalized spacial score (nSPS) is 12.0. The van der Waals surface area contributed by atoms with Gasteiger partial charge >= 0.3 is 23.7 Å². The molecule has 0 aliphatic carbocycles. The summed E-state index contributed by atoms with van der Waals surface area (Å²) in [5.74, 6) is -2.36. The number of benzene rings is 4. The number of aromatic hydroxyl groups is 2. The summed E-state index contributed by atoms with van der Waals surface area (Å²) in [6.07, 6.45) is -11.8. The third-order valence-electron chi connectivity index (χ3n) is 6.18. The van der Waals surface area contributed by atoms with E-state index in [1.54, 1.807) is 0 Å². The standard InChI is InChI=1S/C27H16F6N2O8/c28-26(29,30)25(27(31,32)33,15-1-5-17(6-2-15)42-19-9-11-21(34(38)39)23(36)13-19)16-3-7-18(8-4-16)43-20-10-12-22(35(40)41)24(37)14-20/h1-14,36-37H. The summed E-state index contributed by atoms with van der Waals surface area (Å²) in [4.78, 5) is 19.9. The average Bonchev–Trinajstić information content (AvgIpc) is 2.89. The van der Waals surface area contributed by atoms with Gasteiger partial charge in [-0.25, -0.2) is 0 Å². The molecule has 43 heavy (non-hydrogen) atoms. The van der Waals surface area contributed by atoms with Crippen LogP contribution in [0.4, 0.5) is 37.7 Å². The van der Waals surface area contributed by atoms with Crippen molar-refractivity contribution in [1.29, 1.82) is 0 Å². The molecule has 0 aliphatic heterocycles. The molecule has 0 saturated carbocycles. The zero-order valence-corrected chi connectivity index (χ0v) is 21.1. The Morgan fingerprint density at radius 3 is 1.09 bits per heavy atom. The van der Waals surface area contributed by atoms with Gasteiger partial charge in [0, 0.05) is 24.3 Å². The van der Waals surface area contributed by atoms with Crippen LogP contribution in [0.15, 0.2) is 84.9 Å². The molecule has 0 fully saturated rings. The minimum Gasteiger partial charge on any atom is -0.502 e. The van der Waals surface area contributed by atoms with Crippen LogP contribution in [0.2, 0.25) is 0 Å². The topological polar surface area (TPSA) is 145 Å². The molecule has 0 spiro atoms. The molecule has 0 unspecified atom stereocenters. The molecule has 16 heteroatoms. The van der Waals surface area contributed by atoms with Gasteiger partial charge in [-0.2, -0.15) is 26.3 Å². The van der Waals surface area contributed by atoms with Crippen LogP contribution in [0.25, 0.3) is 0 Å². The van der Waals surface area contributed by atoms with Crippen molar-refractivity contribution in [2.45, 2.75) is 17.8 Å². The van der Waals surface area contributed by atoms with Gasteiger partial charge in [0.25, 0.3) is 0 Å². The lowest BCUT2D eigenvalue weighted by Gasteiger charge is -2.38. The summed E-state index contributed by atoms with van der Waals surface area (Å²) >= 11 is 0. The molecule has 4 aromatic rings. The molecule has 224 valence electrons. The predicted octanol–water partition coefficient (Wildman–Crippen LogP) is 7.91. The van der Waals surface area contributed by atoms with Crippen molar-refractivity contribution in [3.05, 3.63) is 116 Å². The smallest absolute Gasteiger partial charge is 0.411 e. The van der Waals surface area contributed by atoms with E-state index in [0.29, 0.717) is 24.3 Å². The van der Waals surface area contributed by atoms with Crippen LogP contribution < -0.4 is 9.47 Å². The van der Waals surface area contributed by atoms with Crippen molar-refractivity contribution in [3.63, 3.8) is 0 Å². The number of hydrogen-bond acceptors (Lipinski definition) is 8. The van der Waals surface area contributed by atoms with Gasteiger partial charge in [-0.1, -0.05) is 24.3 Å². The summed E-state index contributed by atoms with van der Waals surface area (Å²) in [7, 11) is 0. The fourth-order valence-electron chi connectivity index (χ4n) is 4.24. The van der Waals surface area contributed by atoms with E-state index in [-0.39, 0.29) is 23.0 Å². The predicted molar refractivity (Wildman–Crippen MR) is 135 cm³/mol. The minimum absolute atomic E-state index is 0.175. The molecule has 0 aliphatic rings. The van der Waals surface area contributed by atoms with E-state index in [1.807, 2.05) is 0 Å². The van der Waals surface area contributed by atoms with Crippen molar-refractivity contribution in [2.24, 2.45) is 0 Å². The van der Waals surface area contributed by atoms with Crippen LogP contribution in [0.1, 0.15) is 11.1 Å². The Labute approximate surface area is 236 Å². The van der Waals surface area contributed by atoms with E-state index in [1.165, 1.54) is 0 Å². The van der Waals surface area contributed by atoms with Gasteiger partial charge in [0.2, 0.25) is 5.41 Å². The zero-order chi connectivity index (χ0) is 31.7. The Morgan fingerprint density at radius 2 is 0.837 bits per heavy atom. The number of phenolic OH excluding ortho intramolecular Hbond substituents is 2. The Hall–Kier alpha value is -5.54. The second-order valence-corrected chi connectivity index (χ2v) is 8.81. The van der Waals surface area contributed by atoms with Gasteiger partial charge < -0.3 is 19.7 Å². The highest BCUT2D eigenvalue weighted by Gasteiger charge is 2.72. The van der Waals surface area contributed by atoms with Gasteiger partial charge in [-0.05, 0) is 47.5 Å². The Morgan fingerprint density at radius 1 is 0.535 bits per heavy atom. The largest absolute Gasteiger partial charge is 0.502 e. The number of ether oxygens (including phenoxy) is 2. The van der Waals surface area contributed by atoms with Crippen molar-refractivity contribution >= 4 is 11.4 Å². The zero-order valence-electron chi connectivity index (χ0n) is 21.1. The van der Waals surface area contributed by atoms with Crippen LogP contribution >= 0.6 is 0 Å². The van der Waals surface area contributed by atoms with Gasteiger partial charge in [-0.3, -0.25) is 20.2 Å². The number of alkyl halides is 6. The Balaban J connectivity index is 1.69. The number of phenols is 2. The fourth-order valence-corrected chi connectivity index (χ4v) is 4.24. The summed E-state index contributed by atoms with van der Waals surface area (Å²) in [6, 6.07) is 11.2. The van der Waals surface area contributed by atoms with Crippen LogP contribution in [0.3, 0.4) is 0 Å². The summed E-state index contributed by atoms with van der Waals surface area (Å²) in [5.41, 5.74) is -8.22. The van der Waals surface area contributed by atoms with E-state index in [9.17, 15) is 56.8 Å². The summed E-state index contributed by atoms with van der Waals surface area (Å²) in [5, 5.41) is 41.1. The van der Waals surface area contributed by atoms with Gasteiger partial charge in [0.1, 0.15) is 23.0 Å². The van der Waals surface area contributed by atoms with Gasteiger partial charge in [0.05, 0.1) is 9.85 Å². The molecule has 0 saturated heterocycles. The second kappa shape index (κ2) is 11.0. The summed E-state index contributed by atoms with van der Waals surface area (Å²) in [6.45, 7) is 0. The monoisotopic (exact) mass is 610 g/mol. The van der Waals surface area contributed by atoms with Crippen LogP contribution in [-0.2, 0) is 5.41 Å². The molecule has 0 amide bonds. The molecule has 0 aromatic heterocycles. The van der Waals surface area contributed by atoms with E-state index in [4.69, 9.17) is 9.47 Å². The van der Waals surface area contributed by atoms with Gasteiger partial charge in [-0.15, -0.1) is 0 Å². The van der Waals surface area contributed by atoms with Crippen LogP contribution in [-0.4, -0.2) is 32.4 Å². The van der Waals surface area contributed by atoms with E-state index < -0.39 is 61.6 Å². The van der Waals surface area contributed by atoms with Gasteiger partial charge in [0.15, 0.2) is 11.5 Å². The molecule has 0 radical (unpaired) electrons. The third-order valence-corrected chi connectivity index (χ3v) is 6.18. The molecule has 4 rings (SSSR count). The highest BCUT2D eigenvalue weighted by Crippen LogP contribution is 2.56. The molecular formula is C27H16F6N2O8. The number of nitro benzene ring substituents is 2. The van der Waals surface area contributed by atoms with E-state index >= 15 is 0 Å². The number of nitrogens with zero attached hydrogens (tertiary/aromatic N) is 2. The average molecular weight is 610 g/mol. The third kappa shape index (κ3) is 5.79. The molecule has 0 atom stereocenters. The maximum atomic E-state index is 14.5. The molecular weight excluding hydrogens is 594 g/mol. The maximum Gasteiger partial charge on any atom is 0.411 e. The molecule has 10 nitrogen and oxygen atoms in total. The second-order valence-electron chi connectivity index (χ2n) is 8.81. The first kappa shape index (κ1) is 30.4. The summed E-state index contributed by atoms with van der Waals surface area (Å²) < 4.78 is 97.6. The van der Waals surface area contributed by atoms with Crippen molar-refractivity contribution in [3.8, 4) is 34.5 Å². The lowest BCUT2D eigenvalue weighted by atomic mass is 9.73. The van der Waals surface area contributed by atoms with E-state index in [2.05, 4.69) is 0 Å². The number of hydrogen-bond donors (Lipinski definition) is 2. The number of rotatable bonds is 8. The molecule has 0 heterocycles. The quantitative estimate of drug-likeness (QED) is 0.116. The number of halogens is 6. The Kier molecular flexibility index (Phi) is 7.81. The van der Waals surface area contributed by atoms with Crippen LogP contribution in [0.5, 0.6) is 34.5 Å².